The Labute approximate surface area is 170 Å². The largest absolute Gasteiger partial charge is 0.481 e. The van der Waals surface area contributed by atoms with Gasteiger partial charge in [0, 0.05) is 10.8 Å². The molecule has 1 aliphatic heterocycles. The van der Waals surface area contributed by atoms with Gasteiger partial charge >= 0.3 is 5.97 Å². The van der Waals surface area contributed by atoms with E-state index in [9.17, 15) is 9.90 Å². The van der Waals surface area contributed by atoms with E-state index in [0.717, 1.165) is 10.5 Å². The second-order valence-electron chi connectivity index (χ2n) is 7.26. The summed E-state index contributed by atoms with van der Waals surface area (Å²) in [5.41, 5.74) is 0.748. The van der Waals surface area contributed by atoms with Crippen molar-refractivity contribution in [1.82, 2.24) is 0 Å². The van der Waals surface area contributed by atoms with Gasteiger partial charge in [-0.2, -0.15) is 0 Å². The molecule has 3 unspecified atom stereocenters. The molecule has 0 spiro atoms. The maximum absolute atomic E-state index is 11.5. The van der Waals surface area contributed by atoms with E-state index in [0.29, 0.717) is 6.61 Å². The van der Waals surface area contributed by atoms with Gasteiger partial charge in [0.1, 0.15) is 11.5 Å². The second kappa shape index (κ2) is 9.56. The molecule has 5 nitrogen and oxygen atoms in total. The van der Waals surface area contributed by atoms with Crippen LogP contribution in [0.15, 0.2) is 65.6 Å². The molecule has 150 valence electrons. The quantitative estimate of drug-likeness (QED) is 0.663. The maximum atomic E-state index is 11.5. The molecule has 0 amide bonds. The molecule has 1 aliphatic rings. The third-order valence-electron chi connectivity index (χ3n) is 4.43. The van der Waals surface area contributed by atoms with Crippen LogP contribution in [0.3, 0.4) is 0 Å². The lowest BCUT2D eigenvalue weighted by Gasteiger charge is -2.25. The first-order valence-electron chi connectivity index (χ1n) is 9.34. The van der Waals surface area contributed by atoms with Gasteiger partial charge in [-0.3, -0.25) is 4.79 Å². The number of carbonyl (C=O) groups is 1. The van der Waals surface area contributed by atoms with Crippen LogP contribution < -0.4 is 0 Å². The van der Waals surface area contributed by atoms with Crippen LogP contribution in [0, 0.1) is 5.92 Å². The highest BCUT2D eigenvalue weighted by Crippen LogP contribution is 2.41. The van der Waals surface area contributed by atoms with Gasteiger partial charge in [-0.05, 0) is 31.5 Å². The number of hydrogen-bond donors (Lipinski definition) is 1. The van der Waals surface area contributed by atoms with E-state index in [4.69, 9.17) is 14.2 Å². The summed E-state index contributed by atoms with van der Waals surface area (Å²) in [6, 6.07) is 19.7. The van der Waals surface area contributed by atoms with E-state index in [2.05, 4.69) is 0 Å². The molecular weight excluding hydrogens is 376 g/mol. The van der Waals surface area contributed by atoms with Crippen molar-refractivity contribution in [3.8, 4) is 0 Å². The molecule has 2 aromatic rings. The van der Waals surface area contributed by atoms with Gasteiger partial charge in [0.25, 0.3) is 0 Å². The molecule has 6 heteroatoms. The number of hydrogen-bond acceptors (Lipinski definition) is 5. The van der Waals surface area contributed by atoms with Crippen molar-refractivity contribution in [2.75, 3.05) is 6.61 Å². The molecule has 0 radical (unpaired) electrons. The minimum atomic E-state index is -0.870. The van der Waals surface area contributed by atoms with Crippen molar-refractivity contribution >= 4 is 17.7 Å². The second-order valence-corrected chi connectivity index (χ2v) is 8.43. The lowest BCUT2D eigenvalue weighted by molar-refractivity contribution is -0.154. The Morgan fingerprint density at radius 2 is 1.75 bits per heavy atom. The fourth-order valence-corrected chi connectivity index (χ4v) is 4.47. The monoisotopic (exact) mass is 402 g/mol. The van der Waals surface area contributed by atoms with Crippen LogP contribution in [0.4, 0.5) is 0 Å². The van der Waals surface area contributed by atoms with Crippen molar-refractivity contribution in [2.45, 2.75) is 49.1 Å². The molecule has 1 fully saturated rings. The Bertz CT molecular complexity index is 750. The van der Waals surface area contributed by atoms with Crippen LogP contribution in [-0.2, 0) is 25.6 Å². The van der Waals surface area contributed by atoms with E-state index in [1.807, 2.05) is 74.5 Å². The molecule has 3 rings (SSSR count). The lowest BCUT2D eigenvalue weighted by atomic mass is 10.00. The number of carboxylic acids is 1. The number of thioether (sulfide) groups is 1. The van der Waals surface area contributed by atoms with Crippen LogP contribution in [0.1, 0.15) is 25.8 Å². The molecule has 0 aliphatic carbocycles. The Morgan fingerprint density at radius 3 is 2.39 bits per heavy atom. The highest BCUT2D eigenvalue weighted by atomic mass is 32.2. The van der Waals surface area contributed by atoms with E-state index >= 15 is 0 Å². The smallest absolute Gasteiger partial charge is 0.303 e. The molecule has 1 heterocycles. The number of carboxylic acid groups (broad SMARTS) is 1. The zero-order valence-electron chi connectivity index (χ0n) is 16.1. The van der Waals surface area contributed by atoms with Gasteiger partial charge in [-0.25, -0.2) is 0 Å². The van der Waals surface area contributed by atoms with Crippen molar-refractivity contribution in [3.05, 3.63) is 66.2 Å². The lowest BCUT2D eigenvalue weighted by Crippen LogP contribution is -2.34. The SMILES string of the molecule is CC1(C)OC(Sc2ccccc2)C(C(COCc2ccccc2)CC(=O)O)O1. The van der Waals surface area contributed by atoms with E-state index in [1.165, 1.54) is 0 Å². The molecule has 28 heavy (non-hydrogen) atoms. The van der Waals surface area contributed by atoms with Crippen molar-refractivity contribution in [2.24, 2.45) is 5.92 Å². The summed E-state index contributed by atoms with van der Waals surface area (Å²) in [5, 5.41) is 9.41. The fourth-order valence-electron chi connectivity index (χ4n) is 3.20. The Kier molecular flexibility index (Phi) is 7.13. The third kappa shape index (κ3) is 6.07. The van der Waals surface area contributed by atoms with E-state index < -0.39 is 11.8 Å². The summed E-state index contributed by atoms with van der Waals surface area (Å²) >= 11 is 1.55. The van der Waals surface area contributed by atoms with Crippen LogP contribution >= 0.6 is 11.8 Å². The molecule has 3 atom stereocenters. The molecule has 0 saturated carbocycles. The van der Waals surface area contributed by atoms with Gasteiger partial charge in [0.2, 0.25) is 0 Å². The zero-order chi connectivity index (χ0) is 20.0. The predicted octanol–water partition coefficient (Wildman–Crippen LogP) is 4.56. The van der Waals surface area contributed by atoms with E-state index in [-0.39, 0.29) is 30.5 Å². The molecule has 1 N–H and O–H groups in total. The predicted molar refractivity (Wildman–Crippen MR) is 108 cm³/mol. The maximum Gasteiger partial charge on any atom is 0.303 e. The first-order valence-corrected chi connectivity index (χ1v) is 10.2. The number of rotatable bonds is 9. The van der Waals surface area contributed by atoms with Gasteiger partial charge in [-0.1, -0.05) is 60.3 Å². The summed E-state index contributed by atoms with van der Waals surface area (Å²) < 4.78 is 18.1. The molecule has 2 aromatic carbocycles. The first-order chi connectivity index (χ1) is 13.4. The Morgan fingerprint density at radius 1 is 1.11 bits per heavy atom. The number of benzene rings is 2. The average molecular weight is 403 g/mol. The summed E-state index contributed by atoms with van der Waals surface area (Å²) in [6.45, 7) is 4.43. The topological polar surface area (TPSA) is 65.0 Å². The molecule has 0 aromatic heterocycles. The molecule has 1 saturated heterocycles. The Balaban J connectivity index is 1.69. The Hall–Kier alpha value is -1.86. The molecular formula is C22H26O5S. The van der Waals surface area contributed by atoms with Gasteiger partial charge < -0.3 is 19.3 Å². The van der Waals surface area contributed by atoms with Crippen molar-refractivity contribution in [1.29, 1.82) is 0 Å². The van der Waals surface area contributed by atoms with Crippen molar-refractivity contribution < 1.29 is 24.1 Å². The summed E-state index contributed by atoms with van der Waals surface area (Å²) in [5.74, 6) is -1.96. The average Bonchev–Trinajstić information content (AvgIpc) is 2.96. The summed E-state index contributed by atoms with van der Waals surface area (Å²) in [6.07, 6.45) is -0.419. The molecule has 0 bridgehead atoms. The fraction of sp³-hybridized carbons (Fsp3) is 0.409. The standard InChI is InChI=1S/C22H26O5S/c1-22(2)26-20(21(27-22)28-18-11-7-4-8-12-18)17(13-19(23)24)15-25-14-16-9-5-3-6-10-16/h3-12,17,20-21H,13-15H2,1-2H3,(H,23,24). The highest BCUT2D eigenvalue weighted by molar-refractivity contribution is 7.99. The number of ether oxygens (including phenoxy) is 3. The van der Waals surface area contributed by atoms with Crippen molar-refractivity contribution in [3.63, 3.8) is 0 Å². The minimum absolute atomic E-state index is 0.0370. The van der Waals surface area contributed by atoms with Gasteiger partial charge in [0.05, 0.1) is 19.6 Å². The van der Waals surface area contributed by atoms with E-state index in [1.54, 1.807) is 11.8 Å². The number of aliphatic carboxylic acids is 1. The van der Waals surface area contributed by atoms with Crippen LogP contribution in [0.25, 0.3) is 0 Å². The normalized spacial score (nSPS) is 22.1. The third-order valence-corrected chi connectivity index (χ3v) is 5.57. The van der Waals surface area contributed by atoms with Crippen LogP contribution in [0.5, 0.6) is 0 Å². The zero-order valence-corrected chi connectivity index (χ0v) is 16.9. The van der Waals surface area contributed by atoms with Gasteiger partial charge in [0.15, 0.2) is 5.79 Å². The van der Waals surface area contributed by atoms with Crippen LogP contribution in [-0.4, -0.2) is 35.0 Å². The summed E-state index contributed by atoms with van der Waals surface area (Å²) in [4.78, 5) is 12.5. The van der Waals surface area contributed by atoms with Gasteiger partial charge in [-0.15, -0.1) is 0 Å². The summed E-state index contributed by atoms with van der Waals surface area (Å²) in [7, 11) is 0. The minimum Gasteiger partial charge on any atom is -0.481 e. The highest BCUT2D eigenvalue weighted by Gasteiger charge is 2.46. The first kappa shape index (κ1) is 20.9. The van der Waals surface area contributed by atoms with Crippen LogP contribution in [0.2, 0.25) is 0 Å².